The number of hydrogen-bond donors (Lipinski definition) is 0. The van der Waals surface area contributed by atoms with E-state index in [0.717, 1.165) is 18.5 Å². The van der Waals surface area contributed by atoms with Crippen LogP contribution in [0.15, 0.2) is 30.3 Å². The highest BCUT2D eigenvalue weighted by molar-refractivity contribution is 5.58. The third kappa shape index (κ3) is 2.08. The van der Waals surface area contributed by atoms with Crippen molar-refractivity contribution in [2.45, 2.75) is 6.42 Å². The van der Waals surface area contributed by atoms with E-state index in [-0.39, 0.29) is 5.92 Å². The molecule has 1 aromatic carbocycles. The summed E-state index contributed by atoms with van der Waals surface area (Å²) in [4.78, 5) is 10.3. The number of benzene rings is 1. The number of hydrogen-bond acceptors (Lipinski definition) is 2. The molecular formula is C11H12O2. The van der Waals surface area contributed by atoms with Gasteiger partial charge in [-0.3, -0.25) is 0 Å². The molecule has 1 aromatic rings. The first-order chi connectivity index (χ1) is 6.40. The van der Waals surface area contributed by atoms with Gasteiger partial charge in [-0.1, -0.05) is 18.2 Å². The van der Waals surface area contributed by atoms with Gasteiger partial charge in [0.15, 0.2) is 0 Å². The van der Waals surface area contributed by atoms with E-state index in [1.807, 2.05) is 30.3 Å². The Bertz CT molecular complexity index is 281. The van der Waals surface area contributed by atoms with E-state index in [1.54, 1.807) is 0 Å². The second kappa shape index (κ2) is 3.60. The summed E-state index contributed by atoms with van der Waals surface area (Å²) in [5.74, 6) is 1.60. The lowest BCUT2D eigenvalue weighted by atomic mass is 10.3. The highest BCUT2D eigenvalue weighted by atomic mass is 16.5. The van der Waals surface area contributed by atoms with Gasteiger partial charge >= 0.3 is 0 Å². The van der Waals surface area contributed by atoms with Crippen LogP contribution in [0.5, 0.6) is 5.75 Å². The van der Waals surface area contributed by atoms with E-state index in [1.165, 1.54) is 0 Å². The fraction of sp³-hybridized carbons (Fsp3) is 0.364. The summed E-state index contributed by atoms with van der Waals surface area (Å²) in [5, 5.41) is 0. The first kappa shape index (κ1) is 8.30. The number of para-hydroxylation sites is 1. The van der Waals surface area contributed by atoms with Gasteiger partial charge in [-0.25, -0.2) is 0 Å². The normalized spacial score (nSPS) is 25.2. The second-order valence-corrected chi connectivity index (χ2v) is 3.42. The van der Waals surface area contributed by atoms with Gasteiger partial charge < -0.3 is 9.53 Å². The van der Waals surface area contributed by atoms with Crippen LogP contribution in [0.25, 0.3) is 0 Å². The fourth-order valence-electron chi connectivity index (χ4n) is 1.35. The van der Waals surface area contributed by atoms with Crippen LogP contribution in [0.3, 0.4) is 0 Å². The Morgan fingerprint density at radius 1 is 1.38 bits per heavy atom. The first-order valence-electron chi connectivity index (χ1n) is 4.53. The Kier molecular flexibility index (Phi) is 2.30. The minimum absolute atomic E-state index is 0.253. The fourth-order valence-corrected chi connectivity index (χ4v) is 1.35. The van der Waals surface area contributed by atoms with Gasteiger partial charge in [0.05, 0.1) is 6.61 Å². The first-order valence-corrected chi connectivity index (χ1v) is 4.53. The lowest BCUT2D eigenvalue weighted by Gasteiger charge is -2.03. The third-order valence-corrected chi connectivity index (χ3v) is 2.36. The molecule has 1 saturated carbocycles. The molecule has 2 heteroatoms. The maximum absolute atomic E-state index is 10.3. The van der Waals surface area contributed by atoms with Crippen LogP contribution < -0.4 is 4.74 Å². The number of ether oxygens (including phenoxy) is 1. The molecule has 1 aliphatic carbocycles. The average Bonchev–Trinajstić information content (AvgIpc) is 2.95. The van der Waals surface area contributed by atoms with Gasteiger partial charge in [0.2, 0.25) is 0 Å². The Balaban J connectivity index is 1.78. The van der Waals surface area contributed by atoms with Crippen molar-refractivity contribution in [1.29, 1.82) is 0 Å². The van der Waals surface area contributed by atoms with Gasteiger partial charge in [0.1, 0.15) is 12.0 Å². The zero-order chi connectivity index (χ0) is 9.10. The molecule has 1 fully saturated rings. The summed E-state index contributed by atoms with van der Waals surface area (Å²) in [5.41, 5.74) is 0. The van der Waals surface area contributed by atoms with Gasteiger partial charge in [-0.05, 0) is 18.6 Å². The van der Waals surface area contributed by atoms with E-state index in [0.29, 0.717) is 12.5 Å². The summed E-state index contributed by atoms with van der Waals surface area (Å²) < 4.78 is 5.50. The average molecular weight is 176 g/mol. The predicted molar refractivity (Wildman–Crippen MR) is 49.6 cm³/mol. The number of carbonyl (C=O) groups excluding carboxylic acids is 1. The molecule has 0 aliphatic heterocycles. The van der Waals surface area contributed by atoms with Crippen LogP contribution in [0, 0.1) is 11.8 Å². The molecule has 0 N–H and O–H groups in total. The maximum Gasteiger partial charge on any atom is 0.123 e. The van der Waals surface area contributed by atoms with Crippen molar-refractivity contribution in [2.24, 2.45) is 11.8 Å². The summed E-state index contributed by atoms with van der Waals surface area (Å²) in [7, 11) is 0. The third-order valence-electron chi connectivity index (χ3n) is 2.36. The van der Waals surface area contributed by atoms with Crippen molar-refractivity contribution < 1.29 is 9.53 Å². The van der Waals surface area contributed by atoms with Crippen molar-refractivity contribution in [3.63, 3.8) is 0 Å². The van der Waals surface area contributed by atoms with E-state index in [4.69, 9.17) is 4.74 Å². The van der Waals surface area contributed by atoms with Crippen LogP contribution in [-0.4, -0.2) is 12.9 Å². The molecule has 68 valence electrons. The van der Waals surface area contributed by atoms with Crippen LogP contribution >= 0.6 is 0 Å². The van der Waals surface area contributed by atoms with Gasteiger partial charge in [-0.15, -0.1) is 0 Å². The second-order valence-electron chi connectivity index (χ2n) is 3.42. The Morgan fingerprint density at radius 3 is 2.77 bits per heavy atom. The van der Waals surface area contributed by atoms with Crippen molar-refractivity contribution in [1.82, 2.24) is 0 Å². The molecule has 0 radical (unpaired) electrons. The molecule has 0 aromatic heterocycles. The van der Waals surface area contributed by atoms with E-state index >= 15 is 0 Å². The van der Waals surface area contributed by atoms with Crippen LogP contribution in [-0.2, 0) is 4.79 Å². The van der Waals surface area contributed by atoms with E-state index in [2.05, 4.69) is 0 Å². The molecular weight excluding hydrogens is 164 g/mol. The Hall–Kier alpha value is -1.31. The lowest BCUT2D eigenvalue weighted by Crippen LogP contribution is -2.01. The Morgan fingerprint density at radius 2 is 2.15 bits per heavy atom. The standard InChI is InChI=1S/C11H12O2/c12-7-9-6-10(9)8-13-11-4-2-1-3-5-11/h1-5,7,9-10H,6,8H2. The van der Waals surface area contributed by atoms with Gasteiger partial charge in [0, 0.05) is 11.8 Å². The SMILES string of the molecule is O=CC1CC1COc1ccccc1. The molecule has 0 spiro atoms. The van der Waals surface area contributed by atoms with Gasteiger partial charge in [-0.2, -0.15) is 0 Å². The van der Waals surface area contributed by atoms with Crippen molar-refractivity contribution in [3.05, 3.63) is 30.3 Å². The van der Waals surface area contributed by atoms with Crippen molar-refractivity contribution in [2.75, 3.05) is 6.61 Å². The molecule has 13 heavy (non-hydrogen) atoms. The van der Waals surface area contributed by atoms with Crippen LogP contribution in [0.4, 0.5) is 0 Å². The minimum Gasteiger partial charge on any atom is -0.493 e. The zero-order valence-corrected chi connectivity index (χ0v) is 7.35. The van der Waals surface area contributed by atoms with Gasteiger partial charge in [0.25, 0.3) is 0 Å². The van der Waals surface area contributed by atoms with Crippen LogP contribution in [0.2, 0.25) is 0 Å². The largest absolute Gasteiger partial charge is 0.493 e. The summed E-state index contributed by atoms with van der Waals surface area (Å²) >= 11 is 0. The smallest absolute Gasteiger partial charge is 0.123 e. The molecule has 0 saturated heterocycles. The molecule has 0 heterocycles. The van der Waals surface area contributed by atoms with Crippen LogP contribution in [0.1, 0.15) is 6.42 Å². The molecule has 2 atom stereocenters. The topological polar surface area (TPSA) is 26.3 Å². The quantitative estimate of drug-likeness (QED) is 0.655. The monoisotopic (exact) mass is 176 g/mol. The highest BCUT2D eigenvalue weighted by Crippen LogP contribution is 2.36. The molecule has 2 rings (SSSR count). The molecule has 0 bridgehead atoms. The summed E-state index contributed by atoms with van der Waals surface area (Å²) in [6.45, 7) is 0.674. The maximum atomic E-state index is 10.3. The molecule has 2 nitrogen and oxygen atoms in total. The van der Waals surface area contributed by atoms with E-state index in [9.17, 15) is 4.79 Å². The summed E-state index contributed by atoms with van der Waals surface area (Å²) in [6.07, 6.45) is 2.02. The molecule has 0 amide bonds. The zero-order valence-electron chi connectivity index (χ0n) is 7.35. The molecule has 2 unspecified atom stereocenters. The lowest BCUT2D eigenvalue weighted by molar-refractivity contribution is -0.109. The summed E-state index contributed by atoms with van der Waals surface area (Å²) in [6, 6.07) is 9.70. The van der Waals surface area contributed by atoms with E-state index < -0.39 is 0 Å². The highest BCUT2D eigenvalue weighted by Gasteiger charge is 2.37. The number of aldehydes is 1. The van der Waals surface area contributed by atoms with Crippen molar-refractivity contribution in [3.8, 4) is 5.75 Å². The van der Waals surface area contributed by atoms with Crippen molar-refractivity contribution >= 4 is 6.29 Å². The number of carbonyl (C=O) groups is 1. The predicted octanol–water partition coefficient (Wildman–Crippen LogP) is 1.90. The molecule has 1 aliphatic rings. The minimum atomic E-state index is 0.253. The number of rotatable bonds is 4. The Labute approximate surface area is 77.5 Å².